The summed E-state index contributed by atoms with van der Waals surface area (Å²) in [5, 5.41) is 9.15. The number of hydrogen-bond acceptors (Lipinski definition) is 4. The summed E-state index contributed by atoms with van der Waals surface area (Å²) in [6.07, 6.45) is 2.52. The Bertz CT molecular complexity index is 373. The number of rotatable bonds is 8. The van der Waals surface area contributed by atoms with E-state index < -0.39 is 10.2 Å². The molecule has 0 amide bonds. The van der Waals surface area contributed by atoms with E-state index in [0.29, 0.717) is 25.7 Å². The molecule has 1 rings (SSSR count). The van der Waals surface area contributed by atoms with Crippen LogP contribution < -0.4 is 4.72 Å². The quantitative estimate of drug-likeness (QED) is 0.631. The summed E-state index contributed by atoms with van der Waals surface area (Å²) in [4.78, 5) is 2.19. The van der Waals surface area contributed by atoms with Crippen LogP contribution in [0, 0.1) is 5.92 Å². The number of hydrogen-bond donors (Lipinski definition) is 2. The third-order valence-electron chi connectivity index (χ3n) is 3.93. The molecule has 0 aromatic carbocycles. The van der Waals surface area contributed by atoms with Crippen LogP contribution in [0.1, 0.15) is 33.1 Å². The smallest absolute Gasteiger partial charge is 0.279 e. The van der Waals surface area contributed by atoms with Crippen LogP contribution in [0.15, 0.2) is 0 Å². The van der Waals surface area contributed by atoms with Crippen LogP contribution in [0.25, 0.3) is 0 Å². The lowest BCUT2D eigenvalue weighted by molar-refractivity contribution is 0.164. The van der Waals surface area contributed by atoms with Gasteiger partial charge in [0.05, 0.1) is 0 Å². The third-order valence-corrected chi connectivity index (χ3v) is 5.51. The second-order valence-corrected chi connectivity index (χ2v) is 7.63. The molecular formula is C13H29N3O3S. The zero-order valence-electron chi connectivity index (χ0n) is 12.9. The van der Waals surface area contributed by atoms with Gasteiger partial charge in [-0.2, -0.15) is 12.7 Å². The van der Waals surface area contributed by atoms with E-state index in [1.807, 2.05) is 7.05 Å². The third kappa shape index (κ3) is 5.65. The van der Waals surface area contributed by atoms with Crippen molar-refractivity contribution in [1.82, 2.24) is 13.9 Å². The molecule has 1 heterocycles. The average molecular weight is 307 g/mol. The van der Waals surface area contributed by atoms with Gasteiger partial charge in [0, 0.05) is 32.3 Å². The summed E-state index contributed by atoms with van der Waals surface area (Å²) in [7, 11) is -1.35. The van der Waals surface area contributed by atoms with E-state index in [9.17, 15) is 8.42 Å². The van der Waals surface area contributed by atoms with Gasteiger partial charge in [0.15, 0.2) is 0 Å². The molecule has 0 aliphatic carbocycles. The topological polar surface area (TPSA) is 72.9 Å². The molecular weight excluding hydrogens is 278 g/mol. The second kappa shape index (κ2) is 8.29. The van der Waals surface area contributed by atoms with Crippen LogP contribution in [0.3, 0.4) is 0 Å². The van der Waals surface area contributed by atoms with Crippen LogP contribution >= 0.6 is 0 Å². The van der Waals surface area contributed by atoms with E-state index in [1.165, 1.54) is 4.31 Å². The molecule has 0 aromatic heterocycles. The zero-order chi connectivity index (χ0) is 15.2. The van der Waals surface area contributed by atoms with E-state index in [4.69, 9.17) is 5.11 Å². The SMILES string of the molecule is CC(C)N(C)CCCNS(=O)(=O)N1CCCC(CO)C1. The molecule has 1 aliphatic rings. The lowest BCUT2D eigenvalue weighted by Crippen LogP contribution is -2.47. The highest BCUT2D eigenvalue weighted by molar-refractivity contribution is 7.87. The molecule has 6 nitrogen and oxygen atoms in total. The molecule has 0 spiro atoms. The van der Waals surface area contributed by atoms with Crippen molar-refractivity contribution in [2.75, 3.05) is 39.8 Å². The number of nitrogens with zero attached hydrogens (tertiary/aromatic N) is 2. The summed E-state index contributed by atoms with van der Waals surface area (Å²) in [6.45, 7) is 6.61. The molecule has 1 aliphatic heterocycles. The Morgan fingerprint density at radius 2 is 2.15 bits per heavy atom. The molecule has 20 heavy (non-hydrogen) atoms. The molecule has 0 bridgehead atoms. The van der Waals surface area contributed by atoms with Gasteiger partial charge in [-0.15, -0.1) is 0 Å². The van der Waals surface area contributed by atoms with Gasteiger partial charge in [-0.1, -0.05) is 0 Å². The maximum absolute atomic E-state index is 12.1. The van der Waals surface area contributed by atoms with Crippen molar-refractivity contribution in [3.05, 3.63) is 0 Å². The first-order chi connectivity index (χ1) is 9.36. The monoisotopic (exact) mass is 307 g/mol. The fourth-order valence-electron chi connectivity index (χ4n) is 2.27. The van der Waals surface area contributed by atoms with Crippen LogP contribution in [-0.4, -0.2) is 68.6 Å². The van der Waals surface area contributed by atoms with Gasteiger partial charge >= 0.3 is 0 Å². The van der Waals surface area contributed by atoms with Crippen molar-refractivity contribution in [3.63, 3.8) is 0 Å². The lowest BCUT2D eigenvalue weighted by atomic mass is 10.0. The van der Waals surface area contributed by atoms with Gasteiger partial charge in [0.1, 0.15) is 0 Å². The van der Waals surface area contributed by atoms with Crippen LogP contribution in [0.2, 0.25) is 0 Å². The minimum atomic E-state index is -3.39. The Morgan fingerprint density at radius 3 is 2.75 bits per heavy atom. The minimum Gasteiger partial charge on any atom is -0.396 e. The first kappa shape index (κ1) is 17.8. The summed E-state index contributed by atoms with van der Waals surface area (Å²) in [5.41, 5.74) is 0. The van der Waals surface area contributed by atoms with Crippen molar-refractivity contribution >= 4 is 10.2 Å². The molecule has 0 radical (unpaired) electrons. The molecule has 1 atom stereocenters. The highest BCUT2D eigenvalue weighted by Crippen LogP contribution is 2.17. The van der Waals surface area contributed by atoms with Crippen molar-refractivity contribution in [3.8, 4) is 0 Å². The molecule has 2 N–H and O–H groups in total. The van der Waals surface area contributed by atoms with E-state index in [0.717, 1.165) is 25.8 Å². The molecule has 120 valence electrons. The molecule has 1 unspecified atom stereocenters. The lowest BCUT2D eigenvalue weighted by Gasteiger charge is -2.31. The summed E-state index contributed by atoms with van der Waals surface area (Å²) < 4.78 is 28.4. The normalized spacial score (nSPS) is 21.8. The highest BCUT2D eigenvalue weighted by Gasteiger charge is 2.27. The average Bonchev–Trinajstić information content (AvgIpc) is 2.43. The van der Waals surface area contributed by atoms with Crippen LogP contribution in [-0.2, 0) is 10.2 Å². The number of aliphatic hydroxyl groups is 1. The van der Waals surface area contributed by atoms with Crippen LogP contribution in [0.5, 0.6) is 0 Å². The molecule has 7 heteroatoms. The number of aliphatic hydroxyl groups excluding tert-OH is 1. The molecule has 1 saturated heterocycles. The number of piperidine rings is 1. The maximum Gasteiger partial charge on any atom is 0.279 e. The molecule has 0 saturated carbocycles. The first-order valence-electron chi connectivity index (χ1n) is 7.42. The van der Waals surface area contributed by atoms with Crippen molar-refractivity contribution in [2.45, 2.75) is 39.2 Å². The summed E-state index contributed by atoms with van der Waals surface area (Å²) in [5.74, 6) is 0.0763. The van der Waals surface area contributed by atoms with E-state index in [1.54, 1.807) is 0 Å². The van der Waals surface area contributed by atoms with Gasteiger partial charge in [-0.3, -0.25) is 0 Å². The van der Waals surface area contributed by atoms with Crippen molar-refractivity contribution in [1.29, 1.82) is 0 Å². The fraction of sp³-hybridized carbons (Fsp3) is 1.00. The van der Waals surface area contributed by atoms with Gasteiger partial charge in [-0.05, 0) is 52.6 Å². The fourth-order valence-corrected chi connectivity index (χ4v) is 3.63. The largest absolute Gasteiger partial charge is 0.396 e. The Balaban J connectivity index is 2.34. The second-order valence-electron chi connectivity index (χ2n) is 5.88. The predicted octanol–water partition coefficient (Wildman–Crippen LogP) is 0.255. The Hall–Kier alpha value is -0.210. The van der Waals surface area contributed by atoms with Crippen molar-refractivity contribution < 1.29 is 13.5 Å². The Morgan fingerprint density at radius 1 is 1.45 bits per heavy atom. The Labute approximate surface area is 123 Å². The predicted molar refractivity (Wildman–Crippen MR) is 80.7 cm³/mol. The van der Waals surface area contributed by atoms with Gasteiger partial charge < -0.3 is 10.0 Å². The van der Waals surface area contributed by atoms with Crippen molar-refractivity contribution in [2.24, 2.45) is 5.92 Å². The minimum absolute atomic E-state index is 0.0607. The van der Waals surface area contributed by atoms with E-state index in [2.05, 4.69) is 23.5 Å². The van der Waals surface area contributed by atoms with Gasteiger partial charge in [-0.25, -0.2) is 4.72 Å². The standard InChI is InChI=1S/C13H29N3O3S/c1-12(2)15(3)8-5-7-14-20(18,19)16-9-4-6-13(10-16)11-17/h12-14,17H,4-11H2,1-3H3. The molecule has 0 aromatic rings. The summed E-state index contributed by atoms with van der Waals surface area (Å²) >= 11 is 0. The van der Waals surface area contributed by atoms with E-state index in [-0.39, 0.29) is 12.5 Å². The summed E-state index contributed by atoms with van der Waals surface area (Å²) in [6, 6.07) is 0.471. The van der Waals surface area contributed by atoms with Gasteiger partial charge in [0.2, 0.25) is 0 Å². The van der Waals surface area contributed by atoms with E-state index >= 15 is 0 Å². The molecule has 1 fully saturated rings. The Kier molecular flexibility index (Phi) is 7.39. The first-order valence-corrected chi connectivity index (χ1v) is 8.86. The van der Waals surface area contributed by atoms with Gasteiger partial charge in [0.25, 0.3) is 10.2 Å². The maximum atomic E-state index is 12.1. The zero-order valence-corrected chi connectivity index (χ0v) is 13.7. The number of nitrogens with one attached hydrogen (secondary N) is 1. The van der Waals surface area contributed by atoms with Crippen LogP contribution in [0.4, 0.5) is 0 Å². The highest BCUT2D eigenvalue weighted by atomic mass is 32.2.